The molecule has 1 aromatic carbocycles. The van der Waals surface area contributed by atoms with Crippen molar-refractivity contribution in [1.82, 2.24) is 14.9 Å². The Labute approximate surface area is 136 Å². The molecule has 0 atom stereocenters. The maximum Gasteiger partial charge on any atom is 0.161 e. The molecule has 1 saturated heterocycles. The van der Waals surface area contributed by atoms with E-state index in [2.05, 4.69) is 14.9 Å². The van der Waals surface area contributed by atoms with E-state index < -0.39 is 0 Å². The minimum Gasteiger partial charge on any atom is -0.494 e. The standard InChI is InChI=1S/C17H22N4O2/c18-16-6-7-19-17(20-16)14-2-4-15(5-3-14)23-11-1-8-21-9-12-22-13-10-21/h2-7H,1,8-13H2,(H2,18,19,20). The van der Waals surface area contributed by atoms with Crippen LogP contribution >= 0.6 is 0 Å². The van der Waals surface area contributed by atoms with Gasteiger partial charge in [-0.15, -0.1) is 0 Å². The van der Waals surface area contributed by atoms with Crippen LogP contribution in [-0.4, -0.2) is 54.3 Å². The van der Waals surface area contributed by atoms with Gasteiger partial charge in [-0.3, -0.25) is 4.90 Å². The summed E-state index contributed by atoms with van der Waals surface area (Å²) < 4.78 is 11.1. The van der Waals surface area contributed by atoms with Crippen LogP contribution in [0.2, 0.25) is 0 Å². The molecule has 2 aromatic rings. The van der Waals surface area contributed by atoms with E-state index in [9.17, 15) is 0 Å². The summed E-state index contributed by atoms with van der Waals surface area (Å²) in [4.78, 5) is 10.8. The molecule has 1 aliphatic heterocycles. The predicted molar refractivity (Wildman–Crippen MR) is 89.3 cm³/mol. The van der Waals surface area contributed by atoms with E-state index in [4.69, 9.17) is 15.2 Å². The van der Waals surface area contributed by atoms with Gasteiger partial charge in [0.1, 0.15) is 11.6 Å². The molecule has 23 heavy (non-hydrogen) atoms. The van der Waals surface area contributed by atoms with Gasteiger partial charge in [0.2, 0.25) is 0 Å². The molecule has 0 aliphatic carbocycles. The van der Waals surface area contributed by atoms with Crippen molar-refractivity contribution in [3.63, 3.8) is 0 Å². The molecule has 0 spiro atoms. The second-order valence-electron chi connectivity index (χ2n) is 5.49. The minimum atomic E-state index is 0.471. The zero-order chi connectivity index (χ0) is 15.9. The monoisotopic (exact) mass is 314 g/mol. The molecule has 0 bridgehead atoms. The van der Waals surface area contributed by atoms with Crippen molar-refractivity contribution in [2.24, 2.45) is 0 Å². The normalized spacial score (nSPS) is 15.5. The summed E-state index contributed by atoms with van der Waals surface area (Å²) in [7, 11) is 0. The van der Waals surface area contributed by atoms with Crippen molar-refractivity contribution < 1.29 is 9.47 Å². The number of rotatable bonds is 6. The zero-order valence-electron chi connectivity index (χ0n) is 13.1. The van der Waals surface area contributed by atoms with Crippen molar-refractivity contribution in [2.75, 3.05) is 45.2 Å². The van der Waals surface area contributed by atoms with Crippen LogP contribution in [0.1, 0.15) is 6.42 Å². The summed E-state index contributed by atoms with van der Waals surface area (Å²) >= 11 is 0. The first-order valence-electron chi connectivity index (χ1n) is 7.93. The summed E-state index contributed by atoms with van der Waals surface area (Å²) in [5.74, 6) is 1.96. The van der Waals surface area contributed by atoms with Crippen LogP contribution in [0.3, 0.4) is 0 Å². The van der Waals surface area contributed by atoms with Gasteiger partial charge >= 0.3 is 0 Å². The van der Waals surface area contributed by atoms with Gasteiger partial charge in [-0.25, -0.2) is 9.97 Å². The molecule has 2 N–H and O–H groups in total. The number of ether oxygens (including phenoxy) is 2. The first kappa shape index (κ1) is 15.7. The van der Waals surface area contributed by atoms with E-state index in [1.807, 2.05) is 24.3 Å². The molecular formula is C17H22N4O2. The number of aromatic nitrogens is 2. The summed E-state index contributed by atoms with van der Waals surface area (Å²) in [6, 6.07) is 9.46. The van der Waals surface area contributed by atoms with Crippen LogP contribution in [0.4, 0.5) is 5.82 Å². The van der Waals surface area contributed by atoms with Gasteiger partial charge in [0.15, 0.2) is 5.82 Å². The van der Waals surface area contributed by atoms with Crippen molar-refractivity contribution in [2.45, 2.75) is 6.42 Å². The van der Waals surface area contributed by atoms with Crippen molar-refractivity contribution in [3.05, 3.63) is 36.5 Å². The largest absolute Gasteiger partial charge is 0.494 e. The summed E-state index contributed by atoms with van der Waals surface area (Å²) in [5.41, 5.74) is 6.61. The molecule has 6 nitrogen and oxygen atoms in total. The Balaban J connectivity index is 1.46. The van der Waals surface area contributed by atoms with Gasteiger partial charge < -0.3 is 15.2 Å². The van der Waals surface area contributed by atoms with E-state index in [-0.39, 0.29) is 0 Å². The second-order valence-corrected chi connectivity index (χ2v) is 5.49. The Kier molecular flexibility index (Phi) is 5.39. The topological polar surface area (TPSA) is 73.5 Å². The van der Waals surface area contributed by atoms with Crippen LogP contribution < -0.4 is 10.5 Å². The third-order valence-electron chi connectivity index (χ3n) is 3.78. The number of hydrogen-bond donors (Lipinski definition) is 1. The Bertz CT molecular complexity index is 612. The third kappa shape index (κ3) is 4.64. The molecule has 1 aromatic heterocycles. The fourth-order valence-corrected chi connectivity index (χ4v) is 2.51. The first-order valence-corrected chi connectivity index (χ1v) is 7.93. The fourth-order valence-electron chi connectivity index (χ4n) is 2.51. The van der Waals surface area contributed by atoms with Gasteiger partial charge in [-0.05, 0) is 36.8 Å². The zero-order valence-corrected chi connectivity index (χ0v) is 13.1. The van der Waals surface area contributed by atoms with Crippen molar-refractivity contribution in [1.29, 1.82) is 0 Å². The average Bonchev–Trinajstić information content (AvgIpc) is 2.60. The van der Waals surface area contributed by atoms with Crippen LogP contribution in [0, 0.1) is 0 Å². The molecule has 122 valence electrons. The molecule has 0 amide bonds. The highest BCUT2D eigenvalue weighted by molar-refractivity contribution is 5.57. The highest BCUT2D eigenvalue weighted by Crippen LogP contribution is 2.19. The van der Waals surface area contributed by atoms with Gasteiger partial charge in [-0.2, -0.15) is 0 Å². The van der Waals surface area contributed by atoms with Crippen LogP contribution in [0.5, 0.6) is 5.75 Å². The molecule has 6 heteroatoms. The average molecular weight is 314 g/mol. The third-order valence-corrected chi connectivity index (χ3v) is 3.78. The maximum atomic E-state index is 5.79. The van der Waals surface area contributed by atoms with Crippen molar-refractivity contribution in [3.8, 4) is 17.1 Å². The number of nitrogen functional groups attached to an aromatic ring is 1. The summed E-state index contributed by atoms with van der Waals surface area (Å²) in [6.45, 7) is 5.50. The van der Waals surface area contributed by atoms with Crippen molar-refractivity contribution >= 4 is 5.82 Å². The Hall–Kier alpha value is -2.18. The van der Waals surface area contributed by atoms with E-state index in [1.54, 1.807) is 12.3 Å². The van der Waals surface area contributed by atoms with E-state index in [0.717, 1.165) is 50.6 Å². The van der Waals surface area contributed by atoms with Crippen LogP contribution in [0.25, 0.3) is 11.4 Å². The Morgan fingerprint density at radius 3 is 2.65 bits per heavy atom. The Morgan fingerprint density at radius 1 is 1.13 bits per heavy atom. The van der Waals surface area contributed by atoms with Gasteiger partial charge in [0, 0.05) is 31.4 Å². The highest BCUT2D eigenvalue weighted by atomic mass is 16.5. The predicted octanol–water partition coefficient (Wildman–Crippen LogP) is 1.83. The van der Waals surface area contributed by atoms with Gasteiger partial charge in [0.25, 0.3) is 0 Å². The minimum absolute atomic E-state index is 0.471. The maximum absolute atomic E-state index is 5.79. The second kappa shape index (κ2) is 7.89. The van der Waals surface area contributed by atoms with Gasteiger partial charge in [-0.1, -0.05) is 0 Å². The van der Waals surface area contributed by atoms with Crippen LogP contribution in [-0.2, 0) is 4.74 Å². The first-order chi connectivity index (χ1) is 11.3. The van der Waals surface area contributed by atoms with Crippen LogP contribution in [0.15, 0.2) is 36.5 Å². The summed E-state index contributed by atoms with van der Waals surface area (Å²) in [6.07, 6.45) is 2.67. The number of benzene rings is 1. The molecule has 0 saturated carbocycles. The number of nitrogens with zero attached hydrogens (tertiary/aromatic N) is 3. The number of hydrogen-bond acceptors (Lipinski definition) is 6. The molecule has 1 fully saturated rings. The van der Waals surface area contributed by atoms with E-state index in [0.29, 0.717) is 18.2 Å². The smallest absolute Gasteiger partial charge is 0.161 e. The van der Waals surface area contributed by atoms with E-state index >= 15 is 0 Å². The molecule has 0 radical (unpaired) electrons. The number of nitrogens with two attached hydrogens (primary N) is 1. The lowest BCUT2D eigenvalue weighted by Gasteiger charge is -2.26. The van der Waals surface area contributed by atoms with E-state index in [1.165, 1.54) is 0 Å². The van der Waals surface area contributed by atoms with Gasteiger partial charge in [0.05, 0.1) is 19.8 Å². The fraction of sp³-hybridized carbons (Fsp3) is 0.412. The summed E-state index contributed by atoms with van der Waals surface area (Å²) in [5, 5.41) is 0. The molecule has 1 aliphatic rings. The molecule has 2 heterocycles. The SMILES string of the molecule is Nc1ccnc(-c2ccc(OCCCN3CCOCC3)cc2)n1. The molecular weight excluding hydrogens is 292 g/mol. The Morgan fingerprint density at radius 2 is 1.91 bits per heavy atom. The lowest BCUT2D eigenvalue weighted by molar-refractivity contribution is 0.0358. The lowest BCUT2D eigenvalue weighted by atomic mass is 10.2. The lowest BCUT2D eigenvalue weighted by Crippen LogP contribution is -2.37. The molecule has 3 rings (SSSR count). The number of morpholine rings is 1. The highest BCUT2D eigenvalue weighted by Gasteiger charge is 2.09. The number of anilines is 1. The molecule has 0 unspecified atom stereocenters. The quantitative estimate of drug-likeness (QED) is 0.820.